The summed E-state index contributed by atoms with van der Waals surface area (Å²) >= 11 is 7.61. The van der Waals surface area contributed by atoms with Gasteiger partial charge in [0.25, 0.3) is 0 Å². The fourth-order valence-electron chi connectivity index (χ4n) is 2.28. The largest absolute Gasteiger partial charge is 0.370 e. The van der Waals surface area contributed by atoms with Crippen molar-refractivity contribution >= 4 is 34.6 Å². The van der Waals surface area contributed by atoms with Crippen molar-refractivity contribution in [2.24, 2.45) is 0 Å². The molecule has 0 aromatic carbocycles. The van der Waals surface area contributed by atoms with Crippen LogP contribution in [-0.4, -0.2) is 23.6 Å². The van der Waals surface area contributed by atoms with Crippen LogP contribution >= 0.6 is 22.9 Å². The van der Waals surface area contributed by atoms with E-state index in [0.717, 1.165) is 34.6 Å². The van der Waals surface area contributed by atoms with Crippen molar-refractivity contribution in [2.45, 2.75) is 33.2 Å². The van der Waals surface area contributed by atoms with Gasteiger partial charge in [0.1, 0.15) is 18.0 Å². The van der Waals surface area contributed by atoms with Gasteiger partial charge in [0.05, 0.1) is 10.9 Å². The third kappa shape index (κ3) is 3.86. The number of rotatable bonds is 6. The van der Waals surface area contributed by atoms with Gasteiger partial charge < -0.3 is 10.2 Å². The lowest BCUT2D eigenvalue weighted by atomic mass is 10.0. The van der Waals surface area contributed by atoms with Crippen LogP contribution < -0.4 is 10.2 Å². The Labute approximate surface area is 135 Å². The van der Waals surface area contributed by atoms with Crippen molar-refractivity contribution in [3.05, 3.63) is 33.2 Å². The fraction of sp³-hybridized carbons (Fsp3) is 0.467. The molecule has 0 aliphatic carbocycles. The van der Waals surface area contributed by atoms with Crippen molar-refractivity contribution in [3.8, 4) is 0 Å². The van der Waals surface area contributed by atoms with Gasteiger partial charge in [-0.3, -0.25) is 0 Å². The molecule has 6 heteroatoms. The molecule has 0 aliphatic heterocycles. The maximum Gasteiger partial charge on any atom is 0.137 e. The van der Waals surface area contributed by atoms with Gasteiger partial charge in [-0.15, -0.1) is 11.3 Å². The molecule has 1 N–H and O–H groups in total. The lowest BCUT2D eigenvalue weighted by Crippen LogP contribution is -2.20. The number of hydrogen-bond donors (Lipinski definition) is 1. The average Bonchev–Trinajstić information content (AvgIpc) is 2.84. The molecule has 0 saturated carbocycles. The van der Waals surface area contributed by atoms with Crippen molar-refractivity contribution < 1.29 is 0 Å². The molecule has 2 aromatic heterocycles. The summed E-state index contributed by atoms with van der Waals surface area (Å²) in [7, 11) is 2.05. The summed E-state index contributed by atoms with van der Waals surface area (Å²) in [4.78, 5) is 12.2. The Hall–Kier alpha value is -1.33. The summed E-state index contributed by atoms with van der Waals surface area (Å²) in [5.74, 6) is 2.25. The van der Waals surface area contributed by atoms with Crippen LogP contribution in [0.1, 0.15) is 37.1 Å². The maximum atomic E-state index is 6.00. The summed E-state index contributed by atoms with van der Waals surface area (Å²) < 4.78 is 0.818. The predicted octanol–water partition coefficient (Wildman–Crippen LogP) is 4.38. The Morgan fingerprint density at radius 3 is 2.67 bits per heavy atom. The Balaban J connectivity index is 2.31. The summed E-state index contributed by atoms with van der Waals surface area (Å²) in [5, 5.41) is 3.32. The smallest absolute Gasteiger partial charge is 0.137 e. The van der Waals surface area contributed by atoms with E-state index in [1.165, 1.54) is 4.88 Å². The highest BCUT2D eigenvalue weighted by Crippen LogP contribution is 2.32. The Morgan fingerprint density at radius 1 is 1.33 bits per heavy atom. The van der Waals surface area contributed by atoms with E-state index < -0.39 is 0 Å². The molecule has 2 aromatic rings. The van der Waals surface area contributed by atoms with Crippen LogP contribution in [-0.2, 0) is 6.54 Å². The number of nitrogens with zero attached hydrogens (tertiary/aromatic N) is 3. The van der Waals surface area contributed by atoms with Crippen molar-refractivity contribution in [3.63, 3.8) is 0 Å². The SMILES string of the molecule is CCNc1ncnc(N(C)Cc2ccc(Cl)s2)c1C(C)C. The second-order valence-electron chi connectivity index (χ2n) is 5.21. The van der Waals surface area contributed by atoms with Gasteiger partial charge in [-0.2, -0.15) is 0 Å². The molecule has 0 spiro atoms. The first-order valence-corrected chi connectivity index (χ1v) is 8.26. The molecule has 0 atom stereocenters. The van der Waals surface area contributed by atoms with Crippen molar-refractivity contribution in [1.29, 1.82) is 0 Å². The number of aromatic nitrogens is 2. The van der Waals surface area contributed by atoms with Crippen LogP contribution in [0.15, 0.2) is 18.5 Å². The lowest BCUT2D eigenvalue weighted by molar-refractivity contribution is 0.812. The van der Waals surface area contributed by atoms with E-state index in [-0.39, 0.29) is 0 Å². The van der Waals surface area contributed by atoms with E-state index in [0.29, 0.717) is 5.92 Å². The minimum atomic E-state index is 0.352. The van der Waals surface area contributed by atoms with E-state index in [1.54, 1.807) is 17.7 Å². The minimum Gasteiger partial charge on any atom is -0.370 e. The minimum absolute atomic E-state index is 0.352. The molecule has 21 heavy (non-hydrogen) atoms. The van der Waals surface area contributed by atoms with E-state index >= 15 is 0 Å². The number of nitrogens with one attached hydrogen (secondary N) is 1. The first kappa shape index (κ1) is 16.0. The molecule has 114 valence electrons. The average molecular weight is 325 g/mol. The second-order valence-corrected chi connectivity index (χ2v) is 7.01. The van der Waals surface area contributed by atoms with Gasteiger partial charge in [-0.05, 0) is 25.0 Å². The molecule has 0 aliphatic rings. The predicted molar refractivity (Wildman–Crippen MR) is 91.7 cm³/mol. The quantitative estimate of drug-likeness (QED) is 0.856. The third-order valence-corrected chi connectivity index (χ3v) is 4.38. The molecule has 0 saturated heterocycles. The normalized spacial score (nSPS) is 11.0. The molecule has 4 nitrogen and oxygen atoms in total. The van der Waals surface area contributed by atoms with Gasteiger partial charge in [-0.25, -0.2) is 9.97 Å². The molecular formula is C15H21ClN4S. The zero-order valence-electron chi connectivity index (χ0n) is 12.9. The summed E-state index contributed by atoms with van der Waals surface area (Å²) in [5.41, 5.74) is 1.16. The van der Waals surface area contributed by atoms with Crippen LogP contribution in [0.5, 0.6) is 0 Å². The van der Waals surface area contributed by atoms with Crippen LogP contribution in [0, 0.1) is 0 Å². The first-order valence-electron chi connectivity index (χ1n) is 7.07. The van der Waals surface area contributed by atoms with E-state index in [9.17, 15) is 0 Å². The Kier molecular flexibility index (Phi) is 5.42. The van der Waals surface area contributed by atoms with E-state index in [4.69, 9.17) is 11.6 Å². The summed E-state index contributed by atoms with van der Waals surface area (Å²) in [6.45, 7) is 8.04. The first-order chi connectivity index (χ1) is 10.0. The van der Waals surface area contributed by atoms with Crippen LogP contribution in [0.3, 0.4) is 0 Å². The second kappa shape index (κ2) is 7.09. The molecule has 0 radical (unpaired) electrons. The molecule has 2 rings (SSSR count). The van der Waals surface area contributed by atoms with E-state index in [2.05, 4.69) is 54.1 Å². The van der Waals surface area contributed by atoms with Crippen LogP contribution in [0.4, 0.5) is 11.6 Å². The van der Waals surface area contributed by atoms with Crippen LogP contribution in [0.25, 0.3) is 0 Å². The van der Waals surface area contributed by atoms with Gasteiger partial charge in [0.15, 0.2) is 0 Å². The molecule has 0 bridgehead atoms. The fourth-order valence-corrected chi connectivity index (χ4v) is 3.42. The molecule has 2 heterocycles. The van der Waals surface area contributed by atoms with Gasteiger partial charge in [0.2, 0.25) is 0 Å². The van der Waals surface area contributed by atoms with Crippen LogP contribution in [0.2, 0.25) is 4.34 Å². The lowest BCUT2D eigenvalue weighted by Gasteiger charge is -2.23. The summed E-state index contributed by atoms with van der Waals surface area (Å²) in [6.07, 6.45) is 1.62. The standard InChI is InChI=1S/C15H21ClN4S/c1-5-17-14-13(10(2)3)15(19-9-18-14)20(4)8-11-6-7-12(16)21-11/h6-7,9-10H,5,8H2,1-4H3,(H,17,18,19). The number of thiophene rings is 1. The molecule has 0 amide bonds. The van der Waals surface area contributed by atoms with Gasteiger partial charge in [-0.1, -0.05) is 25.4 Å². The zero-order valence-corrected chi connectivity index (χ0v) is 14.4. The highest BCUT2D eigenvalue weighted by Gasteiger charge is 2.18. The molecular weight excluding hydrogens is 304 g/mol. The van der Waals surface area contributed by atoms with Gasteiger partial charge in [0, 0.05) is 24.0 Å². The monoisotopic (exact) mass is 324 g/mol. The third-order valence-electron chi connectivity index (χ3n) is 3.17. The highest BCUT2D eigenvalue weighted by atomic mass is 35.5. The summed E-state index contributed by atoms with van der Waals surface area (Å²) in [6, 6.07) is 3.99. The molecule has 0 fully saturated rings. The highest BCUT2D eigenvalue weighted by molar-refractivity contribution is 7.16. The topological polar surface area (TPSA) is 41.1 Å². The number of halogens is 1. The number of hydrogen-bond acceptors (Lipinski definition) is 5. The van der Waals surface area contributed by atoms with Gasteiger partial charge >= 0.3 is 0 Å². The maximum absolute atomic E-state index is 6.00. The zero-order chi connectivity index (χ0) is 15.4. The Morgan fingerprint density at radius 2 is 2.10 bits per heavy atom. The van der Waals surface area contributed by atoms with Crippen molar-refractivity contribution in [1.82, 2.24) is 9.97 Å². The van der Waals surface area contributed by atoms with Crippen molar-refractivity contribution in [2.75, 3.05) is 23.8 Å². The Bertz CT molecular complexity index is 597. The number of anilines is 2. The molecule has 0 unspecified atom stereocenters. The van der Waals surface area contributed by atoms with E-state index in [1.807, 2.05) is 6.07 Å².